The van der Waals surface area contributed by atoms with E-state index in [1.807, 2.05) is 0 Å². The van der Waals surface area contributed by atoms with E-state index in [2.05, 4.69) is 5.32 Å². The van der Waals surface area contributed by atoms with Gasteiger partial charge in [-0.1, -0.05) is 29.3 Å². The summed E-state index contributed by atoms with van der Waals surface area (Å²) in [7, 11) is 0. The number of rotatable bonds is 2. The average Bonchev–Trinajstić information content (AvgIpc) is 2.81. The number of carbonyl (C=O) groups is 2. The van der Waals surface area contributed by atoms with E-state index in [0.717, 1.165) is 10.5 Å². The summed E-state index contributed by atoms with van der Waals surface area (Å²) in [5.74, 6) is -1.16. The summed E-state index contributed by atoms with van der Waals surface area (Å²) in [6, 6.07) is 1.57. The van der Waals surface area contributed by atoms with E-state index in [1.165, 1.54) is 0 Å². The Bertz CT molecular complexity index is 594. The smallest absolute Gasteiger partial charge is 0.326 e. The van der Waals surface area contributed by atoms with E-state index in [1.54, 1.807) is 19.1 Å². The molecule has 1 heterocycles. The number of nitrogens with one attached hydrogen (secondary N) is 1. The number of aliphatic carboxylic acids is 1. The molecular weight excluding hydrogens is 319 g/mol. The molecule has 0 aliphatic carbocycles. The number of hydrogen-bond donors (Lipinski definition) is 3. The maximum absolute atomic E-state index is 12.2. The van der Waals surface area contributed by atoms with Gasteiger partial charge in [0.2, 0.25) is 0 Å². The van der Waals surface area contributed by atoms with Crippen LogP contribution in [0.2, 0.25) is 10.0 Å². The van der Waals surface area contributed by atoms with Crippen LogP contribution in [0.4, 0.5) is 10.5 Å². The van der Waals surface area contributed by atoms with E-state index in [-0.39, 0.29) is 23.7 Å². The van der Waals surface area contributed by atoms with Gasteiger partial charge < -0.3 is 20.4 Å². The van der Waals surface area contributed by atoms with Crippen LogP contribution in [0.15, 0.2) is 12.1 Å². The third kappa shape index (κ3) is 3.23. The number of halogens is 2. The van der Waals surface area contributed by atoms with Crippen molar-refractivity contribution in [1.29, 1.82) is 0 Å². The molecule has 0 bridgehead atoms. The second kappa shape index (κ2) is 6.09. The molecule has 0 aromatic heterocycles. The molecule has 6 nitrogen and oxygen atoms in total. The predicted molar refractivity (Wildman–Crippen MR) is 79.0 cm³/mol. The van der Waals surface area contributed by atoms with Crippen molar-refractivity contribution in [1.82, 2.24) is 4.90 Å². The maximum Gasteiger partial charge on any atom is 0.326 e. The van der Waals surface area contributed by atoms with Gasteiger partial charge in [0, 0.05) is 13.0 Å². The molecule has 1 aromatic carbocycles. The molecule has 1 fully saturated rings. The largest absolute Gasteiger partial charge is 0.480 e. The number of β-amino-alcohol motifs (C(OH)–C–C–N with tert-alkyl or cyclic N) is 1. The molecule has 1 aliphatic rings. The SMILES string of the molecule is Cc1ccc(Cl)c(NC(=O)N2C[C@@H](O)C[C@H]2C(=O)O)c1Cl. The van der Waals surface area contributed by atoms with Gasteiger partial charge in [-0.25, -0.2) is 9.59 Å². The van der Waals surface area contributed by atoms with Crippen LogP contribution >= 0.6 is 23.2 Å². The van der Waals surface area contributed by atoms with Gasteiger partial charge in [0.1, 0.15) is 6.04 Å². The van der Waals surface area contributed by atoms with Gasteiger partial charge in [0.05, 0.1) is 21.8 Å². The topological polar surface area (TPSA) is 89.9 Å². The minimum absolute atomic E-state index is 0.00195. The fraction of sp³-hybridized carbons (Fsp3) is 0.385. The van der Waals surface area contributed by atoms with Crippen LogP contribution in [0.1, 0.15) is 12.0 Å². The number of amides is 2. The quantitative estimate of drug-likeness (QED) is 0.775. The summed E-state index contributed by atoms with van der Waals surface area (Å²) in [6.45, 7) is 1.71. The number of aliphatic hydroxyl groups is 1. The lowest BCUT2D eigenvalue weighted by atomic mass is 10.2. The monoisotopic (exact) mass is 332 g/mol. The van der Waals surface area contributed by atoms with Crippen LogP contribution in [0.5, 0.6) is 0 Å². The number of hydrogen-bond acceptors (Lipinski definition) is 3. The minimum atomic E-state index is -1.16. The van der Waals surface area contributed by atoms with Gasteiger partial charge in [-0.3, -0.25) is 0 Å². The molecule has 21 heavy (non-hydrogen) atoms. The van der Waals surface area contributed by atoms with Gasteiger partial charge in [-0.05, 0) is 18.6 Å². The maximum atomic E-state index is 12.2. The number of nitrogens with zero attached hydrogens (tertiary/aromatic N) is 1. The first kappa shape index (κ1) is 15.9. The lowest BCUT2D eigenvalue weighted by Crippen LogP contribution is -2.43. The first-order chi connectivity index (χ1) is 9.81. The summed E-state index contributed by atoms with van der Waals surface area (Å²) < 4.78 is 0. The number of carboxylic acid groups (broad SMARTS) is 1. The van der Waals surface area contributed by atoms with Crippen molar-refractivity contribution in [2.45, 2.75) is 25.5 Å². The first-order valence-corrected chi connectivity index (χ1v) is 7.00. The number of anilines is 1. The Morgan fingerprint density at radius 1 is 1.38 bits per heavy atom. The molecule has 114 valence electrons. The third-order valence-corrected chi connectivity index (χ3v) is 4.14. The van der Waals surface area contributed by atoms with Gasteiger partial charge in [-0.15, -0.1) is 0 Å². The molecule has 2 rings (SSSR count). The van der Waals surface area contributed by atoms with Crippen LogP contribution in [-0.2, 0) is 4.79 Å². The molecule has 0 saturated carbocycles. The number of urea groups is 1. The predicted octanol–water partition coefficient (Wildman–Crippen LogP) is 2.35. The van der Waals surface area contributed by atoms with E-state index in [0.29, 0.717) is 5.02 Å². The highest BCUT2D eigenvalue weighted by Gasteiger charge is 2.39. The highest BCUT2D eigenvalue weighted by molar-refractivity contribution is 6.40. The standard InChI is InChI=1S/C13H14Cl2N2O4/c1-6-2-3-8(14)11(10(6)15)16-13(21)17-5-7(18)4-9(17)12(19)20/h2-3,7,9,18H,4-5H2,1H3,(H,16,21)(H,19,20)/t7-,9-/m0/s1. The Balaban J connectivity index is 2.22. The van der Waals surface area contributed by atoms with Crippen molar-refractivity contribution in [2.24, 2.45) is 0 Å². The van der Waals surface area contributed by atoms with Crippen molar-refractivity contribution in [3.63, 3.8) is 0 Å². The molecule has 1 saturated heterocycles. The summed E-state index contributed by atoms with van der Waals surface area (Å²) >= 11 is 12.1. The van der Waals surface area contributed by atoms with Gasteiger partial charge in [0.25, 0.3) is 0 Å². The molecule has 3 N–H and O–H groups in total. The average molecular weight is 333 g/mol. The van der Waals surface area contributed by atoms with Crippen LogP contribution < -0.4 is 5.32 Å². The van der Waals surface area contributed by atoms with Crippen molar-refractivity contribution < 1.29 is 19.8 Å². The minimum Gasteiger partial charge on any atom is -0.480 e. The van der Waals surface area contributed by atoms with Crippen LogP contribution in [0, 0.1) is 6.92 Å². The Labute approximate surface area is 131 Å². The normalized spacial score (nSPS) is 21.4. The Kier molecular flexibility index (Phi) is 4.61. The molecule has 2 amide bonds. The molecule has 2 atom stereocenters. The third-order valence-electron chi connectivity index (χ3n) is 3.34. The molecule has 0 radical (unpaired) electrons. The van der Waals surface area contributed by atoms with E-state index in [4.69, 9.17) is 28.3 Å². The second-order valence-corrected chi connectivity index (χ2v) is 5.66. The summed E-state index contributed by atoms with van der Waals surface area (Å²) in [4.78, 5) is 24.4. The van der Waals surface area contributed by atoms with Gasteiger partial charge >= 0.3 is 12.0 Å². The number of aliphatic hydroxyl groups excluding tert-OH is 1. The Morgan fingerprint density at radius 3 is 2.67 bits per heavy atom. The van der Waals surface area contributed by atoms with Gasteiger partial charge in [-0.2, -0.15) is 0 Å². The summed E-state index contributed by atoms with van der Waals surface area (Å²) in [5, 5.41) is 21.7. The number of carbonyl (C=O) groups excluding carboxylic acids is 1. The Hall–Kier alpha value is -1.50. The van der Waals surface area contributed by atoms with E-state index < -0.39 is 24.1 Å². The number of aryl methyl sites for hydroxylation is 1. The van der Waals surface area contributed by atoms with E-state index in [9.17, 15) is 14.7 Å². The van der Waals surface area contributed by atoms with Crippen molar-refractivity contribution in [2.75, 3.05) is 11.9 Å². The molecule has 8 heteroatoms. The van der Waals surface area contributed by atoms with Crippen LogP contribution in [0.3, 0.4) is 0 Å². The first-order valence-electron chi connectivity index (χ1n) is 6.24. The second-order valence-electron chi connectivity index (χ2n) is 4.88. The zero-order chi connectivity index (χ0) is 15.7. The summed E-state index contributed by atoms with van der Waals surface area (Å²) in [5.41, 5.74) is 0.960. The van der Waals surface area contributed by atoms with Gasteiger partial charge in [0.15, 0.2) is 0 Å². The molecule has 0 unspecified atom stereocenters. The fourth-order valence-corrected chi connectivity index (χ4v) is 2.69. The molecule has 1 aromatic rings. The van der Waals surface area contributed by atoms with E-state index >= 15 is 0 Å². The summed E-state index contributed by atoms with van der Waals surface area (Å²) in [6.07, 6.45) is -0.863. The fourth-order valence-electron chi connectivity index (χ4n) is 2.22. The zero-order valence-corrected chi connectivity index (χ0v) is 12.6. The van der Waals surface area contributed by atoms with Crippen molar-refractivity contribution in [3.8, 4) is 0 Å². The van der Waals surface area contributed by atoms with Crippen LogP contribution in [-0.4, -0.2) is 45.8 Å². The highest BCUT2D eigenvalue weighted by atomic mass is 35.5. The number of benzene rings is 1. The lowest BCUT2D eigenvalue weighted by Gasteiger charge is -2.22. The zero-order valence-electron chi connectivity index (χ0n) is 11.1. The lowest BCUT2D eigenvalue weighted by molar-refractivity contribution is -0.141. The van der Waals surface area contributed by atoms with Crippen molar-refractivity contribution in [3.05, 3.63) is 27.7 Å². The number of carboxylic acids is 1. The Morgan fingerprint density at radius 2 is 2.05 bits per heavy atom. The molecule has 0 spiro atoms. The van der Waals surface area contributed by atoms with Crippen LogP contribution in [0.25, 0.3) is 0 Å². The highest BCUT2D eigenvalue weighted by Crippen LogP contribution is 2.33. The molecular formula is C13H14Cl2N2O4. The number of likely N-dealkylation sites (tertiary alicyclic amines) is 1. The molecule has 1 aliphatic heterocycles. The van der Waals surface area contributed by atoms with Crippen molar-refractivity contribution >= 4 is 40.9 Å².